The maximum Gasteiger partial charge on any atom is 0.241 e. The van der Waals surface area contributed by atoms with E-state index in [4.69, 9.17) is 0 Å². The van der Waals surface area contributed by atoms with Gasteiger partial charge in [-0.15, -0.1) is 0 Å². The van der Waals surface area contributed by atoms with E-state index in [9.17, 15) is 18.8 Å². The van der Waals surface area contributed by atoms with Crippen LogP contribution in [0.15, 0.2) is 42.1 Å². The second-order valence-corrected chi connectivity index (χ2v) is 10.2. The van der Waals surface area contributed by atoms with Crippen LogP contribution in [0.1, 0.15) is 43.5 Å². The standard InChI is InChI=1S/C25H29FN4O3S/c1-16(31)34-22-10-11-29(14-18(22)13-19-9-12-30(28-19)15-23(32)27-2)24(25(33)17-7-8-17)20-5-3-4-6-21(20)26/h3-6,9,12-13,17,22,24H,7-8,10-11,14-15H2,1-2H3,(H,27,32)/b18-13-. The van der Waals surface area contributed by atoms with Crippen LogP contribution in [0.5, 0.6) is 0 Å². The van der Waals surface area contributed by atoms with Crippen molar-refractivity contribution in [1.29, 1.82) is 0 Å². The molecule has 9 heteroatoms. The highest BCUT2D eigenvalue weighted by atomic mass is 32.2. The Labute approximate surface area is 202 Å². The summed E-state index contributed by atoms with van der Waals surface area (Å²) < 4.78 is 16.3. The normalized spacial score (nSPS) is 20.8. The smallest absolute Gasteiger partial charge is 0.241 e. The maximum absolute atomic E-state index is 14.8. The van der Waals surface area contributed by atoms with Crippen molar-refractivity contribution in [3.8, 4) is 0 Å². The highest BCUT2D eigenvalue weighted by molar-refractivity contribution is 8.14. The number of benzene rings is 1. The number of nitrogens with one attached hydrogen (secondary N) is 1. The van der Waals surface area contributed by atoms with Crippen molar-refractivity contribution >= 4 is 34.6 Å². The molecule has 34 heavy (non-hydrogen) atoms. The fraction of sp³-hybridized carbons (Fsp3) is 0.440. The van der Waals surface area contributed by atoms with E-state index in [1.54, 1.807) is 43.0 Å². The molecule has 1 aliphatic heterocycles. The number of likely N-dealkylation sites (tertiary alicyclic amines) is 1. The second kappa shape index (κ2) is 10.7. The highest BCUT2D eigenvalue weighted by Crippen LogP contribution is 2.40. The number of halogens is 1. The molecule has 2 atom stereocenters. The molecule has 1 saturated heterocycles. The lowest BCUT2D eigenvalue weighted by Crippen LogP contribution is -2.43. The van der Waals surface area contributed by atoms with Gasteiger partial charge in [-0.05, 0) is 43.0 Å². The summed E-state index contributed by atoms with van der Waals surface area (Å²) in [5.74, 6) is -0.471. The van der Waals surface area contributed by atoms with Crippen LogP contribution in [-0.4, -0.2) is 56.9 Å². The summed E-state index contributed by atoms with van der Waals surface area (Å²) in [7, 11) is 1.57. The van der Waals surface area contributed by atoms with Gasteiger partial charge in [0.25, 0.3) is 0 Å². The summed E-state index contributed by atoms with van der Waals surface area (Å²) in [4.78, 5) is 38.9. The van der Waals surface area contributed by atoms with Crippen LogP contribution >= 0.6 is 11.8 Å². The molecule has 1 saturated carbocycles. The fourth-order valence-electron chi connectivity index (χ4n) is 4.35. The molecule has 4 rings (SSSR count). The Balaban J connectivity index is 1.63. The van der Waals surface area contributed by atoms with Gasteiger partial charge in [0, 0.05) is 50.0 Å². The molecular weight excluding hydrogens is 455 g/mol. The van der Waals surface area contributed by atoms with Gasteiger partial charge in [0.2, 0.25) is 5.91 Å². The third-order valence-electron chi connectivity index (χ3n) is 6.18. The molecule has 1 amide bonds. The molecule has 7 nitrogen and oxygen atoms in total. The number of carbonyl (C=O) groups excluding carboxylic acids is 3. The Hall–Kier alpha value is -2.78. The van der Waals surface area contributed by atoms with Crippen molar-refractivity contribution in [3.05, 3.63) is 59.2 Å². The molecule has 2 heterocycles. The Bertz CT molecular complexity index is 1110. The summed E-state index contributed by atoms with van der Waals surface area (Å²) in [6, 6.07) is 7.66. The first-order valence-corrected chi connectivity index (χ1v) is 12.4. The molecule has 2 aliphatic rings. The summed E-state index contributed by atoms with van der Waals surface area (Å²) in [6.07, 6.45) is 6.02. The fourth-order valence-corrected chi connectivity index (χ4v) is 5.27. The lowest BCUT2D eigenvalue weighted by atomic mass is 9.93. The molecule has 180 valence electrons. The monoisotopic (exact) mass is 484 g/mol. The molecule has 2 aromatic rings. The molecule has 1 aromatic carbocycles. The van der Waals surface area contributed by atoms with Gasteiger partial charge < -0.3 is 5.32 Å². The number of ketones is 1. The quantitative estimate of drug-likeness (QED) is 0.619. The van der Waals surface area contributed by atoms with Crippen LogP contribution < -0.4 is 5.32 Å². The first-order valence-electron chi connectivity index (χ1n) is 11.5. The summed E-state index contributed by atoms with van der Waals surface area (Å²) in [5.41, 5.74) is 2.04. The van der Waals surface area contributed by atoms with Crippen LogP contribution in [0.2, 0.25) is 0 Å². The number of hydrogen-bond acceptors (Lipinski definition) is 6. The summed E-state index contributed by atoms with van der Waals surface area (Å²) >= 11 is 1.27. The zero-order valence-electron chi connectivity index (χ0n) is 19.4. The van der Waals surface area contributed by atoms with Crippen molar-refractivity contribution in [2.75, 3.05) is 20.1 Å². The van der Waals surface area contributed by atoms with E-state index < -0.39 is 6.04 Å². The van der Waals surface area contributed by atoms with E-state index in [0.717, 1.165) is 18.4 Å². The number of piperidine rings is 1. The number of thioether (sulfide) groups is 1. The van der Waals surface area contributed by atoms with E-state index >= 15 is 0 Å². The van der Waals surface area contributed by atoms with Gasteiger partial charge >= 0.3 is 0 Å². The highest BCUT2D eigenvalue weighted by Gasteiger charge is 2.41. The predicted molar refractivity (Wildman–Crippen MR) is 129 cm³/mol. The van der Waals surface area contributed by atoms with Crippen LogP contribution in [0, 0.1) is 11.7 Å². The average Bonchev–Trinajstić information content (AvgIpc) is 3.57. The largest absolute Gasteiger partial charge is 0.358 e. The van der Waals surface area contributed by atoms with E-state index in [-0.39, 0.29) is 40.3 Å². The maximum atomic E-state index is 14.8. The number of Topliss-reactive ketones (excluding diaryl/α,β-unsaturated/α-hetero) is 1. The van der Waals surface area contributed by atoms with Gasteiger partial charge in [-0.3, -0.25) is 24.0 Å². The third-order valence-corrected chi connectivity index (χ3v) is 7.33. The topological polar surface area (TPSA) is 84.3 Å². The zero-order valence-corrected chi connectivity index (χ0v) is 20.2. The first kappa shape index (κ1) is 24.3. The van der Waals surface area contributed by atoms with Crippen LogP contribution in [0.25, 0.3) is 6.08 Å². The van der Waals surface area contributed by atoms with Crippen molar-refractivity contribution in [1.82, 2.24) is 20.0 Å². The SMILES string of the molecule is CNC(=O)Cn1ccc(/C=C2/CN(C(C(=O)C3CC3)c3ccccc3F)CCC2SC(C)=O)n1. The molecule has 1 aromatic heterocycles. The van der Waals surface area contributed by atoms with E-state index in [1.807, 2.05) is 17.0 Å². The van der Waals surface area contributed by atoms with Crippen LogP contribution in [0.3, 0.4) is 0 Å². The van der Waals surface area contributed by atoms with Crippen molar-refractivity contribution in [3.63, 3.8) is 0 Å². The van der Waals surface area contributed by atoms with Gasteiger partial charge in [-0.25, -0.2) is 4.39 Å². The Morgan fingerprint density at radius 1 is 1.24 bits per heavy atom. The molecule has 0 radical (unpaired) electrons. The molecule has 1 aliphatic carbocycles. The number of carbonyl (C=O) groups is 3. The van der Waals surface area contributed by atoms with Crippen molar-refractivity contribution in [2.45, 2.75) is 44.0 Å². The van der Waals surface area contributed by atoms with Crippen molar-refractivity contribution < 1.29 is 18.8 Å². The van der Waals surface area contributed by atoms with Gasteiger partial charge in [0.05, 0.1) is 11.7 Å². The van der Waals surface area contributed by atoms with Crippen LogP contribution in [-0.2, 0) is 20.9 Å². The Kier molecular flexibility index (Phi) is 7.63. The average molecular weight is 485 g/mol. The van der Waals surface area contributed by atoms with E-state index in [2.05, 4.69) is 10.4 Å². The molecule has 1 N–H and O–H groups in total. The number of amides is 1. The minimum atomic E-state index is -0.647. The molecule has 2 unspecified atom stereocenters. The number of aromatic nitrogens is 2. The number of nitrogens with zero attached hydrogens (tertiary/aromatic N) is 3. The molecular formula is C25H29FN4O3S. The molecule has 0 spiro atoms. The third kappa shape index (κ3) is 5.82. The number of likely N-dealkylation sites (N-methyl/N-ethyl adjacent to an activating group) is 1. The van der Waals surface area contributed by atoms with Crippen LogP contribution in [0.4, 0.5) is 4.39 Å². The first-order chi connectivity index (χ1) is 16.4. The lowest BCUT2D eigenvalue weighted by Gasteiger charge is -2.38. The molecule has 2 fully saturated rings. The van der Waals surface area contributed by atoms with Gasteiger partial charge in [0.1, 0.15) is 12.4 Å². The summed E-state index contributed by atoms with van der Waals surface area (Å²) in [6.45, 7) is 2.68. The zero-order chi connectivity index (χ0) is 24.2. The number of rotatable bonds is 8. The lowest BCUT2D eigenvalue weighted by molar-refractivity contribution is -0.126. The molecule has 0 bridgehead atoms. The minimum Gasteiger partial charge on any atom is -0.358 e. The van der Waals surface area contributed by atoms with Crippen molar-refractivity contribution in [2.24, 2.45) is 5.92 Å². The minimum absolute atomic E-state index is 0.0123. The summed E-state index contributed by atoms with van der Waals surface area (Å²) in [5, 5.41) is 7.01. The Morgan fingerprint density at radius 2 is 2.00 bits per heavy atom. The Morgan fingerprint density at radius 3 is 2.68 bits per heavy atom. The second-order valence-electron chi connectivity index (χ2n) is 8.79. The van der Waals surface area contributed by atoms with E-state index in [0.29, 0.717) is 30.8 Å². The van der Waals surface area contributed by atoms with E-state index in [1.165, 1.54) is 17.8 Å². The predicted octanol–water partition coefficient (Wildman–Crippen LogP) is 3.23. The number of hydrogen-bond donors (Lipinski definition) is 1. The van der Waals surface area contributed by atoms with Gasteiger partial charge in [-0.1, -0.05) is 30.0 Å². The van der Waals surface area contributed by atoms with Gasteiger partial charge in [-0.2, -0.15) is 5.10 Å². The van der Waals surface area contributed by atoms with Gasteiger partial charge in [0.15, 0.2) is 10.9 Å².